The molecule has 0 spiro atoms. The Balaban J connectivity index is 1.28. The van der Waals surface area contributed by atoms with E-state index in [1.807, 2.05) is 29.5 Å². The number of hydrogen-bond donors (Lipinski definition) is 0. The summed E-state index contributed by atoms with van der Waals surface area (Å²) in [5, 5.41) is 7.59. The lowest BCUT2D eigenvalue weighted by Crippen LogP contribution is -2.15. The van der Waals surface area contributed by atoms with Crippen LogP contribution in [-0.2, 0) is 5.41 Å². The van der Waals surface area contributed by atoms with Crippen molar-refractivity contribution < 1.29 is 0 Å². The Labute approximate surface area is 281 Å². The van der Waals surface area contributed by atoms with E-state index in [0.717, 1.165) is 22.1 Å². The number of aromatic nitrogens is 3. The van der Waals surface area contributed by atoms with Crippen LogP contribution in [0.3, 0.4) is 0 Å². The fraction of sp³-hybridized carbons (Fsp3) is 0.0682. The second-order valence-electron chi connectivity index (χ2n) is 13.6. The van der Waals surface area contributed by atoms with E-state index < -0.39 is 0 Å². The monoisotopic (exact) mass is 629 g/mol. The highest BCUT2D eigenvalue weighted by Gasteiger charge is 2.40. The number of thiophene rings is 1. The number of nitrogens with zero attached hydrogens (tertiary/aromatic N) is 3. The minimum absolute atomic E-state index is 0.102. The Morgan fingerprint density at radius 2 is 1.19 bits per heavy atom. The Morgan fingerprint density at radius 1 is 0.458 bits per heavy atom. The van der Waals surface area contributed by atoms with Gasteiger partial charge in [-0.2, -0.15) is 0 Å². The van der Waals surface area contributed by atoms with Crippen molar-refractivity contribution >= 4 is 53.1 Å². The van der Waals surface area contributed by atoms with Crippen molar-refractivity contribution in [2.75, 3.05) is 0 Å². The Morgan fingerprint density at radius 3 is 2.06 bits per heavy atom. The van der Waals surface area contributed by atoms with Crippen LogP contribution in [0.15, 0.2) is 127 Å². The Bertz CT molecular complexity index is 2860. The molecule has 3 nitrogen and oxygen atoms in total. The molecule has 0 amide bonds. The maximum absolute atomic E-state index is 5.28. The lowest BCUT2D eigenvalue weighted by molar-refractivity contribution is 0.661. The molecule has 4 heteroatoms. The van der Waals surface area contributed by atoms with Gasteiger partial charge in [-0.25, -0.2) is 15.0 Å². The van der Waals surface area contributed by atoms with Crippen LogP contribution in [0.2, 0.25) is 0 Å². The molecule has 48 heavy (non-hydrogen) atoms. The summed E-state index contributed by atoms with van der Waals surface area (Å²) >= 11 is 1.87. The highest BCUT2D eigenvalue weighted by molar-refractivity contribution is 7.26. The third-order valence-corrected chi connectivity index (χ3v) is 11.7. The predicted octanol–water partition coefficient (Wildman–Crippen LogP) is 11.8. The summed E-state index contributed by atoms with van der Waals surface area (Å²) in [7, 11) is 0. The maximum atomic E-state index is 5.28. The van der Waals surface area contributed by atoms with Gasteiger partial charge in [0.2, 0.25) is 0 Å². The molecule has 0 saturated carbocycles. The molecule has 224 valence electrons. The smallest absolute Gasteiger partial charge is 0.164 e. The highest BCUT2D eigenvalue weighted by atomic mass is 32.1. The summed E-state index contributed by atoms with van der Waals surface area (Å²) in [6.07, 6.45) is 0. The van der Waals surface area contributed by atoms with Crippen LogP contribution in [-0.4, -0.2) is 15.0 Å². The fourth-order valence-electron chi connectivity index (χ4n) is 8.38. The lowest BCUT2D eigenvalue weighted by Gasteiger charge is -2.22. The topological polar surface area (TPSA) is 38.7 Å². The van der Waals surface area contributed by atoms with E-state index in [1.54, 1.807) is 0 Å². The average Bonchev–Trinajstić information content (AvgIpc) is 3.58. The minimum Gasteiger partial charge on any atom is -0.208 e. The summed E-state index contributed by atoms with van der Waals surface area (Å²) in [6.45, 7) is 4.75. The van der Waals surface area contributed by atoms with Crippen LogP contribution in [0, 0.1) is 0 Å². The number of benzene rings is 7. The zero-order valence-corrected chi connectivity index (χ0v) is 27.2. The third-order valence-electron chi connectivity index (χ3n) is 10.6. The molecule has 2 aromatic heterocycles. The molecule has 2 heterocycles. The SMILES string of the molecule is CC1(C)c2cccc3c2-c2c1ccc1c(-c4nc(-c5ccccc5)nc(-c5ccc6ccccc6c5)n4)cc4sc5cccc-3c5c4c21. The van der Waals surface area contributed by atoms with E-state index >= 15 is 0 Å². The number of fused-ring (bicyclic) bond motifs is 2. The maximum Gasteiger partial charge on any atom is 0.164 e. The van der Waals surface area contributed by atoms with Gasteiger partial charge in [-0.15, -0.1) is 11.3 Å². The Kier molecular flexibility index (Phi) is 5.06. The van der Waals surface area contributed by atoms with E-state index in [2.05, 4.69) is 123 Å². The van der Waals surface area contributed by atoms with Gasteiger partial charge < -0.3 is 0 Å². The van der Waals surface area contributed by atoms with E-state index in [0.29, 0.717) is 17.5 Å². The second kappa shape index (κ2) is 9.21. The molecule has 0 N–H and O–H groups in total. The molecule has 11 rings (SSSR count). The van der Waals surface area contributed by atoms with Gasteiger partial charge in [0.15, 0.2) is 17.5 Å². The van der Waals surface area contributed by atoms with Gasteiger partial charge in [0.05, 0.1) is 0 Å². The first-order valence-electron chi connectivity index (χ1n) is 16.5. The van der Waals surface area contributed by atoms with Crippen molar-refractivity contribution in [2.24, 2.45) is 0 Å². The first-order chi connectivity index (χ1) is 23.5. The molecule has 7 aromatic carbocycles. The summed E-state index contributed by atoms with van der Waals surface area (Å²) in [4.78, 5) is 15.6. The molecule has 0 fully saturated rings. The van der Waals surface area contributed by atoms with Crippen molar-refractivity contribution in [3.05, 3.63) is 139 Å². The van der Waals surface area contributed by atoms with E-state index in [9.17, 15) is 0 Å². The van der Waals surface area contributed by atoms with Crippen LogP contribution in [0.1, 0.15) is 25.0 Å². The Hall–Kier alpha value is -5.71. The summed E-state index contributed by atoms with van der Waals surface area (Å²) in [5.74, 6) is 2.05. The van der Waals surface area contributed by atoms with Gasteiger partial charge in [-0.1, -0.05) is 123 Å². The van der Waals surface area contributed by atoms with Gasteiger partial charge in [-0.3, -0.25) is 0 Å². The fourth-order valence-corrected chi connectivity index (χ4v) is 9.56. The largest absolute Gasteiger partial charge is 0.208 e. The summed E-state index contributed by atoms with van der Waals surface area (Å²) < 4.78 is 2.58. The van der Waals surface area contributed by atoms with Crippen molar-refractivity contribution in [2.45, 2.75) is 19.3 Å². The number of hydrogen-bond acceptors (Lipinski definition) is 4. The molecule has 0 saturated heterocycles. The van der Waals surface area contributed by atoms with Crippen LogP contribution in [0.25, 0.3) is 98.1 Å². The molecule has 0 atom stereocenters. The van der Waals surface area contributed by atoms with Crippen molar-refractivity contribution in [3.8, 4) is 56.4 Å². The van der Waals surface area contributed by atoms with E-state index in [4.69, 9.17) is 15.0 Å². The van der Waals surface area contributed by atoms with Gasteiger partial charge in [0, 0.05) is 42.3 Å². The molecule has 0 unspecified atom stereocenters. The second-order valence-corrected chi connectivity index (χ2v) is 14.7. The van der Waals surface area contributed by atoms with Crippen molar-refractivity contribution in [3.63, 3.8) is 0 Å². The van der Waals surface area contributed by atoms with Crippen molar-refractivity contribution in [1.29, 1.82) is 0 Å². The van der Waals surface area contributed by atoms with Crippen molar-refractivity contribution in [1.82, 2.24) is 15.0 Å². The minimum atomic E-state index is -0.102. The summed E-state index contributed by atoms with van der Waals surface area (Å²) in [5.41, 5.74) is 11.1. The predicted molar refractivity (Wildman–Crippen MR) is 201 cm³/mol. The molecule has 9 aromatic rings. The molecule has 2 aliphatic rings. The van der Waals surface area contributed by atoms with Crippen LogP contribution in [0.4, 0.5) is 0 Å². The standard InChI is InChI=1S/C44H27N3S/c1-44(2)32-16-8-14-28-29-15-9-17-34-37(29)40-35(48-34)23-31(30-20-21-33(44)39(36(28)32)38(30)40)43-46-41(25-11-4-3-5-12-25)45-42(47-43)27-19-18-24-10-6-7-13-26(24)22-27/h3-23H,1-2H3. The average molecular weight is 630 g/mol. The molecule has 2 aliphatic carbocycles. The normalized spacial score (nSPS) is 13.8. The molecule has 0 aliphatic heterocycles. The summed E-state index contributed by atoms with van der Waals surface area (Å²) in [6, 6.07) is 45.9. The first kappa shape index (κ1) is 26.4. The van der Waals surface area contributed by atoms with E-state index in [-0.39, 0.29) is 5.41 Å². The molecular formula is C44H27N3S. The van der Waals surface area contributed by atoms with E-state index in [1.165, 1.54) is 69.7 Å². The molecule has 0 bridgehead atoms. The van der Waals surface area contributed by atoms with Gasteiger partial charge in [-0.05, 0) is 73.1 Å². The van der Waals surface area contributed by atoms with Crippen LogP contribution < -0.4 is 0 Å². The lowest BCUT2D eigenvalue weighted by atomic mass is 9.81. The number of rotatable bonds is 3. The van der Waals surface area contributed by atoms with Gasteiger partial charge in [0.25, 0.3) is 0 Å². The zero-order valence-electron chi connectivity index (χ0n) is 26.4. The third kappa shape index (κ3) is 3.40. The van der Waals surface area contributed by atoms with Gasteiger partial charge in [0.1, 0.15) is 0 Å². The first-order valence-corrected chi connectivity index (χ1v) is 17.3. The molecular weight excluding hydrogens is 603 g/mol. The van der Waals surface area contributed by atoms with Crippen LogP contribution >= 0.6 is 11.3 Å². The van der Waals surface area contributed by atoms with Gasteiger partial charge >= 0.3 is 0 Å². The quantitative estimate of drug-likeness (QED) is 0.195. The zero-order chi connectivity index (χ0) is 31.7. The van der Waals surface area contributed by atoms with Crippen LogP contribution in [0.5, 0.6) is 0 Å². The molecule has 0 radical (unpaired) electrons. The highest BCUT2D eigenvalue weighted by Crippen LogP contribution is 2.60.